The maximum atomic E-state index is 14.1. The monoisotopic (exact) mass is 703 g/mol. The minimum absolute atomic E-state index is 0.159. The Hall–Kier alpha value is -2.25. The van der Waals surface area contributed by atoms with E-state index >= 15 is 0 Å². The molecule has 0 saturated carbocycles. The number of amides is 4. The fraction of sp³-hybridized carbons (Fsp3) is 0.886. The Bertz CT molecular complexity index is 1290. The Morgan fingerprint density at radius 1 is 0.917 bits per heavy atom. The van der Waals surface area contributed by atoms with Crippen molar-refractivity contribution in [2.75, 3.05) is 39.5 Å². The molecule has 1 saturated heterocycles. The van der Waals surface area contributed by atoms with Crippen LogP contribution in [0, 0.1) is 33.5 Å². The molecular weight excluding hydrogens is 636 g/mol. The van der Waals surface area contributed by atoms with Crippen LogP contribution in [0.5, 0.6) is 0 Å². The highest BCUT2D eigenvalue weighted by Gasteiger charge is 2.52. The molecule has 1 fully saturated rings. The van der Waals surface area contributed by atoms with Crippen LogP contribution < -0.4 is 16.0 Å². The number of carbonyl (C=O) groups is 4. The van der Waals surface area contributed by atoms with Crippen molar-refractivity contribution in [3.8, 4) is 0 Å². The number of hydrogen-bond acceptors (Lipinski definition) is 7. The lowest BCUT2D eigenvalue weighted by Gasteiger charge is -2.50. The Labute approximate surface area is 290 Å². The van der Waals surface area contributed by atoms with Crippen molar-refractivity contribution < 1.29 is 41.4 Å². The number of nitrogens with one attached hydrogen (secondary N) is 3. The number of ether oxygens (including phenoxy) is 1. The molecule has 0 spiro atoms. The number of nitrogens with zero attached hydrogens (tertiary/aromatic N) is 1. The second kappa shape index (κ2) is 14.9. The average molecular weight is 704 g/mol. The lowest BCUT2D eigenvalue weighted by Crippen LogP contribution is -2.57. The fourth-order valence-electron chi connectivity index (χ4n) is 6.62. The first-order valence-corrected chi connectivity index (χ1v) is 18.6. The van der Waals surface area contributed by atoms with Gasteiger partial charge in [0.05, 0.1) is 32.3 Å². The Balaban J connectivity index is 3.22. The van der Waals surface area contributed by atoms with Crippen LogP contribution in [0.1, 0.15) is 116 Å². The predicted octanol–water partition coefficient (Wildman–Crippen LogP) is 4.92. The summed E-state index contributed by atoms with van der Waals surface area (Å²) < 4.78 is 37.7. The molecule has 280 valence electrons. The second-order valence-electron chi connectivity index (χ2n) is 19.0. The van der Waals surface area contributed by atoms with E-state index in [2.05, 4.69) is 64.4 Å². The number of likely N-dealkylation sites (N-methyl/N-ethyl adjacent to an activating group) is 1. The van der Waals surface area contributed by atoms with Crippen molar-refractivity contribution >= 4 is 33.9 Å². The summed E-state index contributed by atoms with van der Waals surface area (Å²) in [5.41, 5.74) is -3.71. The van der Waals surface area contributed by atoms with Crippen LogP contribution in [0.15, 0.2) is 0 Å². The number of hydrogen-bond donors (Lipinski definition) is 4. The van der Waals surface area contributed by atoms with Crippen LogP contribution in [0.3, 0.4) is 0 Å². The van der Waals surface area contributed by atoms with E-state index in [9.17, 15) is 27.6 Å². The number of quaternary nitrogens is 1. The molecule has 0 aliphatic carbocycles. The molecule has 3 unspecified atom stereocenters. The van der Waals surface area contributed by atoms with Crippen molar-refractivity contribution in [2.24, 2.45) is 33.5 Å². The molecule has 4 N–H and O–H groups in total. The number of rotatable bonds is 17. The molecule has 48 heavy (non-hydrogen) atoms. The summed E-state index contributed by atoms with van der Waals surface area (Å²) in [4.78, 5) is 52.3. The van der Waals surface area contributed by atoms with Crippen LogP contribution in [-0.2, 0) is 29.2 Å². The van der Waals surface area contributed by atoms with Gasteiger partial charge in [0.2, 0.25) is 5.91 Å². The van der Waals surface area contributed by atoms with Crippen molar-refractivity contribution in [1.82, 2.24) is 16.0 Å². The van der Waals surface area contributed by atoms with Gasteiger partial charge in [-0.2, -0.15) is 8.42 Å². The standard InChI is InChI=1S/C35H66N4O8S/c1-30(2,3)21-25(27(41)47-19-18-39(14,15)17-16-20-48(44,45)46)34(11,12)32(7,8)22-24(31(4,5)6)26(40)37-33(9,10)23-35(13)28(42)36-29(43)38-35/h24-25H,16-23H2,1-15H3,(H3-,36,37,38,40,42,43,44,45,46)/p+1. The van der Waals surface area contributed by atoms with Crippen LogP contribution >= 0.6 is 0 Å². The highest BCUT2D eigenvalue weighted by atomic mass is 32.2. The van der Waals surface area contributed by atoms with Gasteiger partial charge in [0, 0.05) is 24.3 Å². The summed E-state index contributed by atoms with van der Waals surface area (Å²) in [6, 6.07) is -0.553. The summed E-state index contributed by atoms with van der Waals surface area (Å²) in [5.74, 6) is -2.13. The third-order valence-electron chi connectivity index (χ3n) is 10.3. The van der Waals surface area contributed by atoms with E-state index in [0.29, 0.717) is 36.8 Å². The lowest BCUT2D eigenvalue weighted by atomic mass is 9.54. The van der Waals surface area contributed by atoms with Gasteiger partial charge in [-0.25, -0.2) is 4.79 Å². The molecule has 1 aliphatic heterocycles. The second-order valence-corrected chi connectivity index (χ2v) is 20.6. The molecule has 3 atom stereocenters. The maximum absolute atomic E-state index is 14.1. The molecule has 0 aromatic carbocycles. The number of imide groups is 1. The highest BCUT2D eigenvalue weighted by Crippen LogP contribution is 2.53. The topological polar surface area (TPSA) is 168 Å². The van der Waals surface area contributed by atoms with E-state index < -0.39 is 61.2 Å². The molecule has 13 heteroatoms. The van der Waals surface area contributed by atoms with Gasteiger partial charge in [0.25, 0.3) is 16.0 Å². The summed E-state index contributed by atoms with van der Waals surface area (Å²) in [5, 5.41) is 8.12. The maximum Gasteiger partial charge on any atom is 0.322 e. The van der Waals surface area contributed by atoms with Gasteiger partial charge >= 0.3 is 12.0 Å². The zero-order valence-electron chi connectivity index (χ0n) is 32.5. The third-order valence-corrected chi connectivity index (χ3v) is 11.1. The van der Waals surface area contributed by atoms with Gasteiger partial charge in [-0.3, -0.25) is 24.3 Å². The van der Waals surface area contributed by atoms with Gasteiger partial charge in [-0.15, -0.1) is 0 Å². The van der Waals surface area contributed by atoms with Crippen molar-refractivity contribution in [3.05, 3.63) is 0 Å². The molecule has 0 bridgehead atoms. The van der Waals surface area contributed by atoms with Gasteiger partial charge in [0.1, 0.15) is 18.7 Å². The SMILES string of the molecule is CC(C)(C)CC(C(=O)OCC[N+](C)(C)CCCS(=O)(=O)O)C(C)(C)C(C)(C)CC(C(=O)NC(C)(C)CC1(C)NC(=O)NC1=O)C(C)(C)C. The van der Waals surface area contributed by atoms with Crippen LogP contribution in [0.2, 0.25) is 0 Å². The zero-order chi connectivity index (χ0) is 37.9. The molecule has 1 rings (SSSR count). The van der Waals surface area contributed by atoms with Crippen LogP contribution in [0.4, 0.5) is 4.79 Å². The number of esters is 1. The van der Waals surface area contributed by atoms with Crippen molar-refractivity contribution in [2.45, 2.75) is 127 Å². The molecule has 0 aromatic rings. The minimum atomic E-state index is -4.03. The molecule has 0 radical (unpaired) electrons. The predicted molar refractivity (Wildman–Crippen MR) is 188 cm³/mol. The first-order valence-electron chi connectivity index (χ1n) is 17.0. The Morgan fingerprint density at radius 2 is 1.46 bits per heavy atom. The quantitative estimate of drug-likeness (QED) is 0.0717. The van der Waals surface area contributed by atoms with E-state index in [0.717, 1.165) is 0 Å². The largest absolute Gasteiger partial charge is 0.459 e. The van der Waals surface area contributed by atoms with Crippen molar-refractivity contribution in [1.29, 1.82) is 0 Å². The Morgan fingerprint density at radius 3 is 1.90 bits per heavy atom. The van der Waals surface area contributed by atoms with E-state index in [1.54, 1.807) is 6.92 Å². The summed E-state index contributed by atoms with van der Waals surface area (Å²) >= 11 is 0. The summed E-state index contributed by atoms with van der Waals surface area (Å²) in [7, 11) is -0.180. The van der Waals surface area contributed by atoms with E-state index in [1.165, 1.54) is 0 Å². The zero-order valence-corrected chi connectivity index (χ0v) is 33.3. The van der Waals surface area contributed by atoms with E-state index in [-0.39, 0.29) is 36.1 Å². The molecule has 0 aromatic heterocycles. The number of carbonyl (C=O) groups excluding carboxylic acids is 4. The molecule has 12 nitrogen and oxygen atoms in total. The number of urea groups is 1. The minimum Gasteiger partial charge on any atom is -0.459 e. The van der Waals surface area contributed by atoms with Gasteiger partial charge < -0.3 is 19.9 Å². The highest BCUT2D eigenvalue weighted by molar-refractivity contribution is 7.85. The Kier molecular flexibility index (Phi) is 13.6. The molecule has 4 amide bonds. The van der Waals surface area contributed by atoms with E-state index in [1.807, 2.05) is 48.7 Å². The van der Waals surface area contributed by atoms with Gasteiger partial charge in [0.15, 0.2) is 0 Å². The smallest absolute Gasteiger partial charge is 0.322 e. The molecular formula is C35H67N4O8S+. The van der Waals surface area contributed by atoms with E-state index in [4.69, 9.17) is 9.29 Å². The van der Waals surface area contributed by atoms with Crippen molar-refractivity contribution in [3.63, 3.8) is 0 Å². The first-order chi connectivity index (χ1) is 21.1. The molecule has 1 heterocycles. The lowest BCUT2D eigenvalue weighted by molar-refractivity contribution is -0.890. The summed E-state index contributed by atoms with van der Waals surface area (Å²) in [6.45, 7) is 27.1. The van der Waals surface area contributed by atoms with Crippen LogP contribution in [0.25, 0.3) is 0 Å². The fourth-order valence-corrected chi connectivity index (χ4v) is 7.11. The normalized spacial score (nSPS) is 19.8. The third kappa shape index (κ3) is 13.2. The van der Waals surface area contributed by atoms with Crippen LogP contribution in [-0.4, -0.2) is 91.9 Å². The molecule has 1 aliphatic rings. The van der Waals surface area contributed by atoms with Gasteiger partial charge in [-0.1, -0.05) is 69.2 Å². The first kappa shape index (κ1) is 43.8. The average Bonchev–Trinajstić information content (AvgIpc) is 3.07. The summed E-state index contributed by atoms with van der Waals surface area (Å²) in [6.07, 6.45) is 1.54. The van der Waals surface area contributed by atoms with Gasteiger partial charge in [-0.05, 0) is 55.3 Å².